The fourth-order valence-corrected chi connectivity index (χ4v) is 2.45. The van der Waals surface area contributed by atoms with Crippen molar-refractivity contribution in [2.75, 3.05) is 19.8 Å². The summed E-state index contributed by atoms with van der Waals surface area (Å²) in [6, 6.07) is -0.420. The van der Waals surface area contributed by atoms with Gasteiger partial charge in [-0.05, 0) is 19.8 Å². The molecule has 6 nitrogen and oxygen atoms in total. The highest BCUT2D eigenvalue weighted by atomic mass is 16.5. The lowest BCUT2D eigenvalue weighted by atomic mass is 9.90. The molecule has 0 aromatic carbocycles. The molecule has 19 heavy (non-hydrogen) atoms. The van der Waals surface area contributed by atoms with Gasteiger partial charge in [-0.2, -0.15) is 0 Å². The van der Waals surface area contributed by atoms with E-state index in [0.29, 0.717) is 19.4 Å². The molecule has 1 aliphatic heterocycles. The summed E-state index contributed by atoms with van der Waals surface area (Å²) in [5, 5.41) is 9.18. The van der Waals surface area contributed by atoms with Gasteiger partial charge in [-0.1, -0.05) is 13.8 Å². The fourth-order valence-electron chi connectivity index (χ4n) is 2.45. The highest BCUT2D eigenvalue weighted by molar-refractivity contribution is 5.87. The number of hydrogen-bond acceptors (Lipinski definition) is 4. The molecule has 1 amide bonds. The van der Waals surface area contributed by atoms with Gasteiger partial charge in [0.15, 0.2) is 0 Å². The number of rotatable bonds is 6. The Morgan fingerprint density at radius 1 is 1.32 bits per heavy atom. The standard InChI is InChI=1S/C13H24N2O4/c1-4-13(14,5-2)12(18)15(6-3)10-8-19-7-9(10)11(16)17/h9-10H,4-8,14H2,1-3H3,(H,16,17). The number of amides is 1. The largest absolute Gasteiger partial charge is 0.481 e. The molecule has 0 aromatic heterocycles. The van der Waals surface area contributed by atoms with Crippen LogP contribution in [-0.4, -0.2) is 53.2 Å². The van der Waals surface area contributed by atoms with Crippen LogP contribution in [0.5, 0.6) is 0 Å². The number of ether oxygens (including phenoxy) is 1. The van der Waals surface area contributed by atoms with Crippen LogP contribution in [0.2, 0.25) is 0 Å². The van der Waals surface area contributed by atoms with Gasteiger partial charge >= 0.3 is 5.97 Å². The Morgan fingerprint density at radius 3 is 2.32 bits per heavy atom. The molecule has 1 rings (SSSR count). The molecule has 0 aromatic rings. The maximum Gasteiger partial charge on any atom is 0.311 e. The number of nitrogens with zero attached hydrogens (tertiary/aromatic N) is 1. The molecule has 0 bridgehead atoms. The number of carbonyl (C=O) groups excluding carboxylic acids is 1. The van der Waals surface area contributed by atoms with Crippen molar-refractivity contribution in [1.29, 1.82) is 0 Å². The summed E-state index contributed by atoms with van der Waals surface area (Å²) in [4.78, 5) is 25.3. The summed E-state index contributed by atoms with van der Waals surface area (Å²) in [6.45, 7) is 6.43. The zero-order chi connectivity index (χ0) is 14.6. The number of carboxylic acid groups (broad SMARTS) is 1. The molecule has 0 saturated carbocycles. The topological polar surface area (TPSA) is 92.9 Å². The van der Waals surface area contributed by atoms with Gasteiger partial charge < -0.3 is 20.5 Å². The molecule has 0 spiro atoms. The molecule has 2 unspecified atom stereocenters. The minimum atomic E-state index is -0.927. The number of nitrogens with two attached hydrogens (primary N) is 1. The van der Waals surface area contributed by atoms with Crippen molar-refractivity contribution in [3.63, 3.8) is 0 Å². The highest BCUT2D eigenvalue weighted by Gasteiger charge is 2.43. The Kier molecular flexibility index (Phi) is 5.31. The summed E-state index contributed by atoms with van der Waals surface area (Å²) in [5.41, 5.74) is 5.21. The van der Waals surface area contributed by atoms with E-state index in [1.54, 1.807) is 4.90 Å². The van der Waals surface area contributed by atoms with E-state index in [0.717, 1.165) is 0 Å². The molecular formula is C13H24N2O4. The smallest absolute Gasteiger partial charge is 0.311 e. The molecule has 1 fully saturated rings. The molecule has 1 aliphatic rings. The zero-order valence-corrected chi connectivity index (χ0v) is 11.9. The summed E-state index contributed by atoms with van der Waals surface area (Å²) in [5.74, 6) is -1.77. The van der Waals surface area contributed by atoms with Gasteiger partial charge in [-0.3, -0.25) is 9.59 Å². The van der Waals surface area contributed by atoms with Crippen LogP contribution in [0.1, 0.15) is 33.6 Å². The Morgan fingerprint density at radius 2 is 1.89 bits per heavy atom. The quantitative estimate of drug-likeness (QED) is 0.732. The van der Waals surface area contributed by atoms with E-state index in [9.17, 15) is 14.7 Å². The second-order valence-electron chi connectivity index (χ2n) is 5.00. The van der Waals surface area contributed by atoms with Crippen molar-refractivity contribution in [2.24, 2.45) is 11.7 Å². The first-order chi connectivity index (χ1) is 8.91. The first kappa shape index (κ1) is 15.9. The predicted octanol–water partition coefficient (Wildman–Crippen LogP) is 0.452. The van der Waals surface area contributed by atoms with Crippen molar-refractivity contribution in [2.45, 2.75) is 45.2 Å². The highest BCUT2D eigenvalue weighted by Crippen LogP contribution is 2.24. The van der Waals surface area contributed by atoms with Crippen LogP contribution >= 0.6 is 0 Å². The van der Waals surface area contributed by atoms with Crippen LogP contribution in [0.15, 0.2) is 0 Å². The van der Waals surface area contributed by atoms with Crippen LogP contribution in [0.25, 0.3) is 0 Å². The maximum atomic E-state index is 12.6. The van der Waals surface area contributed by atoms with Crippen LogP contribution in [0.4, 0.5) is 0 Å². The predicted molar refractivity (Wildman–Crippen MR) is 70.6 cm³/mol. The van der Waals surface area contributed by atoms with Crippen LogP contribution in [0.3, 0.4) is 0 Å². The lowest BCUT2D eigenvalue weighted by Gasteiger charge is -2.36. The van der Waals surface area contributed by atoms with Gasteiger partial charge in [0.25, 0.3) is 0 Å². The lowest BCUT2D eigenvalue weighted by molar-refractivity contribution is -0.146. The SMILES string of the molecule is CCN(C(=O)C(N)(CC)CC)C1COCC1C(=O)O. The molecule has 0 radical (unpaired) electrons. The first-order valence-corrected chi connectivity index (χ1v) is 6.81. The second-order valence-corrected chi connectivity index (χ2v) is 5.00. The van der Waals surface area contributed by atoms with E-state index in [1.807, 2.05) is 20.8 Å². The van der Waals surface area contributed by atoms with Crippen molar-refractivity contribution in [1.82, 2.24) is 4.90 Å². The third kappa shape index (κ3) is 3.06. The molecule has 3 N–H and O–H groups in total. The molecule has 0 aliphatic carbocycles. The normalized spacial score (nSPS) is 23.4. The van der Waals surface area contributed by atoms with E-state index in [2.05, 4.69) is 0 Å². The minimum Gasteiger partial charge on any atom is -0.481 e. The fraction of sp³-hybridized carbons (Fsp3) is 0.846. The van der Waals surface area contributed by atoms with Crippen LogP contribution < -0.4 is 5.73 Å². The Hall–Kier alpha value is -1.14. The molecule has 110 valence electrons. The number of likely N-dealkylation sites (N-methyl/N-ethyl adjacent to an activating group) is 1. The monoisotopic (exact) mass is 272 g/mol. The van der Waals surface area contributed by atoms with E-state index >= 15 is 0 Å². The summed E-state index contributed by atoms with van der Waals surface area (Å²) < 4.78 is 5.23. The van der Waals surface area contributed by atoms with Gasteiger partial charge in [-0.15, -0.1) is 0 Å². The Bertz CT molecular complexity index is 342. The van der Waals surface area contributed by atoms with Crippen molar-refractivity contribution >= 4 is 11.9 Å². The van der Waals surface area contributed by atoms with E-state index < -0.39 is 23.5 Å². The summed E-state index contributed by atoms with van der Waals surface area (Å²) >= 11 is 0. The molecule has 2 atom stereocenters. The molecular weight excluding hydrogens is 248 g/mol. The van der Waals surface area contributed by atoms with E-state index in [1.165, 1.54) is 0 Å². The van der Waals surface area contributed by atoms with Gasteiger partial charge in [0, 0.05) is 6.54 Å². The molecule has 1 saturated heterocycles. The lowest BCUT2D eigenvalue weighted by Crippen LogP contribution is -2.59. The molecule has 1 heterocycles. The number of carboxylic acids is 1. The second kappa shape index (κ2) is 6.34. The Balaban J connectivity index is 2.94. The van der Waals surface area contributed by atoms with Crippen LogP contribution in [-0.2, 0) is 14.3 Å². The molecule has 6 heteroatoms. The zero-order valence-electron chi connectivity index (χ0n) is 11.9. The minimum absolute atomic E-state index is 0.152. The van der Waals surface area contributed by atoms with Gasteiger partial charge in [0.1, 0.15) is 5.92 Å². The number of carbonyl (C=O) groups is 2. The third-order valence-corrected chi connectivity index (χ3v) is 4.06. The summed E-state index contributed by atoms with van der Waals surface area (Å²) in [6.07, 6.45) is 1.06. The van der Waals surface area contributed by atoms with E-state index in [4.69, 9.17) is 10.5 Å². The van der Waals surface area contributed by atoms with Crippen molar-refractivity contribution < 1.29 is 19.4 Å². The van der Waals surface area contributed by atoms with Gasteiger partial charge in [-0.25, -0.2) is 0 Å². The van der Waals surface area contributed by atoms with Crippen molar-refractivity contribution in [3.8, 4) is 0 Å². The van der Waals surface area contributed by atoms with Crippen LogP contribution in [0, 0.1) is 5.92 Å². The Labute approximate surface area is 113 Å². The van der Waals surface area contributed by atoms with E-state index in [-0.39, 0.29) is 19.1 Å². The van der Waals surface area contributed by atoms with Gasteiger partial charge in [0.05, 0.1) is 24.8 Å². The maximum absolute atomic E-state index is 12.6. The summed E-state index contributed by atoms with van der Waals surface area (Å²) in [7, 11) is 0. The average molecular weight is 272 g/mol. The average Bonchev–Trinajstić information content (AvgIpc) is 2.88. The van der Waals surface area contributed by atoms with Crippen molar-refractivity contribution in [3.05, 3.63) is 0 Å². The first-order valence-electron chi connectivity index (χ1n) is 6.81. The third-order valence-electron chi connectivity index (χ3n) is 4.06. The number of hydrogen-bond donors (Lipinski definition) is 2. The van der Waals surface area contributed by atoms with Gasteiger partial charge in [0.2, 0.25) is 5.91 Å². The number of aliphatic carboxylic acids is 1.